The molecule has 1 amide bonds. The highest BCUT2D eigenvalue weighted by Gasteiger charge is 2.16. The van der Waals surface area contributed by atoms with Gasteiger partial charge in [-0.05, 0) is 20.8 Å². The Hall–Kier alpha value is -0.750. The fourth-order valence-electron chi connectivity index (χ4n) is 1.42. The van der Waals surface area contributed by atoms with Gasteiger partial charge >= 0.3 is 0 Å². The third kappa shape index (κ3) is 7.23. The lowest BCUT2D eigenvalue weighted by Gasteiger charge is -2.23. The molecule has 0 radical (unpaired) electrons. The number of hydrogen-bond acceptors (Lipinski definition) is 3. The number of likely N-dealkylation sites (N-methyl/N-ethyl adjacent to an activating group) is 1. The molecule has 1 atom stereocenters. The molecule has 6 heteroatoms. The van der Waals surface area contributed by atoms with Crippen LogP contribution in [0.5, 0.6) is 0 Å². The van der Waals surface area contributed by atoms with Crippen LogP contribution in [-0.2, 0) is 9.53 Å². The summed E-state index contributed by atoms with van der Waals surface area (Å²) in [6, 6.07) is -0.315. The summed E-state index contributed by atoms with van der Waals surface area (Å²) >= 11 is 0. The standard InChI is InChI=1S/C11H22F2N2O2/c1-4-15(5-2)11(16)9(3)14-6-7-17-8-10(12)13/h9-10,14H,4-8H2,1-3H3. The molecular weight excluding hydrogens is 230 g/mol. The smallest absolute Gasteiger partial charge is 0.261 e. The number of amides is 1. The maximum atomic E-state index is 11.8. The van der Waals surface area contributed by atoms with Gasteiger partial charge < -0.3 is 15.0 Å². The number of ether oxygens (including phenoxy) is 1. The van der Waals surface area contributed by atoms with E-state index in [9.17, 15) is 13.6 Å². The fourth-order valence-corrected chi connectivity index (χ4v) is 1.42. The van der Waals surface area contributed by atoms with Crippen LogP contribution >= 0.6 is 0 Å². The summed E-state index contributed by atoms with van der Waals surface area (Å²) < 4.78 is 28.2. The van der Waals surface area contributed by atoms with Gasteiger partial charge in [-0.2, -0.15) is 0 Å². The molecule has 0 aliphatic heterocycles. The second kappa shape index (κ2) is 9.30. The van der Waals surface area contributed by atoms with Crippen molar-refractivity contribution in [1.82, 2.24) is 10.2 Å². The van der Waals surface area contributed by atoms with E-state index in [0.29, 0.717) is 19.6 Å². The van der Waals surface area contributed by atoms with E-state index in [1.54, 1.807) is 11.8 Å². The summed E-state index contributed by atoms with van der Waals surface area (Å²) in [4.78, 5) is 13.5. The van der Waals surface area contributed by atoms with Crippen molar-refractivity contribution < 1.29 is 18.3 Å². The van der Waals surface area contributed by atoms with Crippen molar-refractivity contribution in [2.24, 2.45) is 0 Å². The van der Waals surface area contributed by atoms with Crippen molar-refractivity contribution in [2.75, 3.05) is 32.8 Å². The van der Waals surface area contributed by atoms with Crippen LogP contribution in [0.15, 0.2) is 0 Å². The normalized spacial score (nSPS) is 12.8. The summed E-state index contributed by atoms with van der Waals surface area (Å²) in [6.07, 6.45) is -2.44. The highest BCUT2D eigenvalue weighted by Crippen LogP contribution is 1.95. The minimum atomic E-state index is -2.44. The van der Waals surface area contributed by atoms with E-state index in [0.717, 1.165) is 0 Å². The molecule has 1 N–H and O–H groups in total. The van der Waals surface area contributed by atoms with Crippen LogP contribution in [0.2, 0.25) is 0 Å². The molecule has 0 fully saturated rings. The zero-order chi connectivity index (χ0) is 13.3. The molecule has 0 spiro atoms. The van der Waals surface area contributed by atoms with Crippen LogP contribution < -0.4 is 5.32 Å². The molecule has 102 valence electrons. The molecule has 0 aliphatic carbocycles. The number of nitrogens with one attached hydrogen (secondary N) is 1. The van der Waals surface area contributed by atoms with E-state index in [4.69, 9.17) is 4.74 Å². The maximum absolute atomic E-state index is 11.8. The molecule has 0 aliphatic rings. The summed E-state index contributed by atoms with van der Waals surface area (Å²) in [5.41, 5.74) is 0. The second-order valence-corrected chi connectivity index (χ2v) is 3.65. The summed E-state index contributed by atoms with van der Waals surface area (Å²) in [7, 11) is 0. The Bertz CT molecular complexity index is 212. The number of alkyl halides is 2. The average Bonchev–Trinajstić information content (AvgIpc) is 2.29. The minimum absolute atomic E-state index is 0.0175. The molecule has 0 rings (SSSR count). The molecule has 0 aromatic rings. The molecule has 1 unspecified atom stereocenters. The quantitative estimate of drug-likeness (QED) is 0.625. The van der Waals surface area contributed by atoms with E-state index in [1.807, 2.05) is 13.8 Å². The maximum Gasteiger partial charge on any atom is 0.261 e. The second-order valence-electron chi connectivity index (χ2n) is 3.65. The Labute approximate surface area is 101 Å². The Kier molecular flexibility index (Phi) is 8.89. The van der Waals surface area contributed by atoms with Gasteiger partial charge in [-0.15, -0.1) is 0 Å². The predicted octanol–water partition coefficient (Wildman–Crippen LogP) is 1.11. The molecule has 17 heavy (non-hydrogen) atoms. The number of carbonyl (C=O) groups excluding carboxylic acids is 1. The van der Waals surface area contributed by atoms with Gasteiger partial charge in [-0.1, -0.05) is 0 Å². The first kappa shape index (κ1) is 16.2. The van der Waals surface area contributed by atoms with Gasteiger partial charge in [-0.3, -0.25) is 4.79 Å². The van der Waals surface area contributed by atoms with E-state index < -0.39 is 13.0 Å². The fraction of sp³-hybridized carbons (Fsp3) is 0.909. The number of nitrogens with zero attached hydrogens (tertiary/aromatic N) is 1. The van der Waals surface area contributed by atoms with Crippen LogP contribution in [0.1, 0.15) is 20.8 Å². The third-order valence-electron chi connectivity index (χ3n) is 2.39. The zero-order valence-electron chi connectivity index (χ0n) is 10.7. The Morgan fingerprint density at radius 2 is 1.94 bits per heavy atom. The predicted molar refractivity (Wildman–Crippen MR) is 62.2 cm³/mol. The Morgan fingerprint density at radius 3 is 2.41 bits per heavy atom. The molecule has 0 bridgehead atoms. The SMILES string of the molecule is CCN(CC)C(=O)C(C)NCCOCC(F)F. The summed E-state index contributed by atoms with van der Waals surface area (Å²) in [5.74, 6) is 0.0175. The monoisotopic (exact) mass is 252 g/mol. The molecule has 0 heterocycles. The first-order chi connectivity index (χ1) is 8.02. The van der Waals surface area contributed by atoms with Crippen molar-refractivity contribution in [3.8, 4) is 0 Å². The highest BCUT2D eigenvalue weighted by atomic mass is 19.3. The van der Waals surface area contributed by atoms with Gasteiger partial charge in [0.2, 0.25) is 5.91 Å². The summed E-state index contributed by atoms with van der Waals surface area (Å²) in [6.45, 7) is 6.95. The van der Waals surface area contributed by atoms with Crippen LogP contribution in [0.3, 0.4) is 0 Å². The van der Waals surface area contributed by atoms with E-state index in [-0.39, 0.29) is 18.6 Å². The van der Waals surface area contributed by atoms with Gasteiger partial charge in [0.25, 0.3) is 6.43 Å². The lowest BCUT2D eigenvalue weighted by Crippen LogP contribution is -2.45. The lowest BCUT2D eigenvalue weighted by molar-refractivity contribution is -0.132. The molecule has 0 aromatic carbocycles. The highest BCUT2D eigenvalue weighted by molar-refractivity contribution is 5.81. The van der Waals surface area contributed by atoms with Crippen molar-refractivity contribution in [2.45, 2.75) is 33.2 Å². The Balaban J connectivity index is 3.70. The van der Waals surface area contributed by atoms with Gasteiger partial charge in [-0.25, -0.2) is 8.78 Å². The number of hydrogen-bond donors (Lipinski definition) is 1. The van der Waals surface area contributed by atoms with Gasteiger partial charge in [0.05, 0.1) is 12.6 Å². The molecular formula is C11H22F2N2O2. The molecule has 0 saturated carbocycles. The lowest BCUT2D eigenvalue weighted by atomic mass is 10.3. The minimum Gasteiger partial charge on any atom is -0.374 e. The van der Waals surface area contributed by atoms with Crippen molar-refractivity contribution in [3.63, 3.8) is 0 Å². The van der Waals surface area contributed by atoms with Gasteiger partial charge in [0.15, 0.2) is 0 Å². The van der Waals surface area contributed by atoms with E-state index >= 15 is 0 Å². The van der Waals surface area contributed by atoms with Crippen LogP contribution in [0.25, 0.3) is 0 Å². The topological polar surface area (TPSA) is 41.6 Å². The van der Waals surface area contributed by atoms with Gasteiger partial charge in [0.1, 0.15) is 6.61 Å². The molecule has 0 aromatic heterocycles. The van der Waals surface area contributed by atoms with E-state index in [1.165, 1.54) is 0 Å². The van der Waals surface area contributed by atoms with Gasteiger partial charge in [0, 0.05) is 19.6 Å². The molecule has 4 nitrogen and oxygen atoms in total. The Morgan fingerprint density at radius 1 is 1.35 bits per heavy atom. The molecule has 0 saturated heterocycles. The van der Waals surface area contributed by atoms with Crippen LogP contribution in [-0.4, -0.2) is 56.1 Å². The summed E-state index contributed by atoms with van der Waals surface area (Å²) in [5, 5.41) is 2.94. The zero-order valence-corrected chi connectivity index (χ0v) is 10.7. The third-order valence-corrected chi connectivity index (χ3v) is 2.39. The first-order valence-electron chi connectivity index (χ1n) is 5.90. The van der Waals surface area contributed by atoms with Crippen molar-refractivity contribution in [3.05, 3.63) is 0 Å². The van der Waals surface area contributed by atoms with Crippen molar-refractivity contribution >= 4 is 5.91 Å². The van der Waals surface area contributed by atoms with E-state index in [2.05, 4.69) is 5.32 Å². The number of halogens is 2. The number of rotatable bonds is 9. The number of carbonyl (C=O) groups is 1. The van der Waals surface area contributed by atoms with Crippen LogP contribution in [0.4, 0.5) is 8.78 Å². The van der Waals surface area contributed by atoms with Crippen LogP contribution in [0, 0.1) is 0 Å². The largest absolute Gasteiger partial charge is 0.374 e. The first-order valence-corrected chi connectivity index (χ1v) is 5.90. The van der Waals surface area contributed by atoms with Crippen molar-refractivity contribution in [1.29, 1.82) is 0 Å². The average molecular weight is 252 g/mol.